The number of rotatable bonds is 3. The SMILES string of the molecule is C#CCOc1ccc2ccccc2c1C=C1C(=O)NC(=S)NC1=O. The highest BCUT2D eigenvalue weighted by Crippen LogP contribution is 2.30. The van der Waals surface area contributed by atoms with E-state index in [9.17, 15) is 9.59 Å². The van der Waals surface area contributed by atoms with Gasteiger partial charge in [-0.05, 0) is 35.1 Å². The zero-order valence-corrected chi connectivity index (χ0v) is 13.3. The number of carbonyl (C=O) groups is 2. The van der Waals surface area contributed by atoms with E-state index < -0.39 is 11.8 Å². The fourth-order valence-electron chi connectivity index (χ4n) is 2.42. The lowest BCUT2D eigenvalue weighted by Gasteiger charge is -2.17. The molecule has 2 N–H and O–H groups in total. The van der Waals surface area contributed by atoms with Crippen LogP contribution in [0.4, 0.5) is 0 Å². The summed E-state index contributed by atoms with van der Waals surface area (Å²) in [6, 6.07) is 11.2. The molecule has 1 aliphatic rings. The maximum atomic E-state index is 12.1. The molecule has 1 aliphatic heterocycles. The van der Waals surface area contributed by atoms with Gasteiger partial charge in [-0.1, -0.05) is 36.3 Å². The monoisotopic (exact) mass is 336 g/mol. The first-order valence-electron chi connectivity index (χ1n) is 7.06. The number of hydrogen-bond acceptors (Lipinski definition) is 4. The smallest absolute Gasteiger partial charge is 0.263 e. The van der Waals surface area contributed by atoms with Crippen molar-refractivity contribution < 1.29 is 14.3 Å². The van der Waals surface area contributed by atoms with Gasteiger partial charge in [0.05, 0.1) is 0 Å². The van der Waals surface area contributed by atoms with Gasteiger partial charge >= 0.3 is 0 Å². The van der Waals surface area contributed by atoms with Gasteiger partial charge < -0.3 is 4.74 Å². The van der Waals surface area contributed by atoms with Crippen LogP contribution < -0.4 is 15.4 Å². The van der Waals surface area contributed by atoms with Gasteiger partial charge in [0.1, 0.15) is 17.9 Å². The van der Waals surface area contributed by atoms with Crippen molar-refractivity contribution in [2.75, 3.05) is 6.61 Å². The molecular weight excluding hydrogens is 324 g/mol. The van der Waals surface area contributed by atoms with Crippen LogP contribution in [0.15, 0.2) is 42.0 Å². The maximum absolute atomic E-state index is 12.1. The second-order valence-corrected chi connectivity index (χ2v) is 5.39. The number of hydrogen-bond donors (Lipinski definition) is 2. The Balaban J connectivity index is 2.18. The largest absolute Gasteiger partial charge is 0.480 e. The van der Waals surface area contributed by atoms with Crippen molar-refractivity contribution >= 4 is 46.0 Å². The van der Waals surface area contributed by atoms with Crippen molar-refractivity contribution in [1.29, 1.82) is 0 Å². The molecule has 1 saturated heterocycles. The second kappa shape index (κ2) is 6.52. The average molecular weight is 336 g/mol. The molecule has 0 saturated carbocycles. The highest BCUT2D eigenvalue weighted by Gasteiger charge is 2.26. The summed E-state index contributed by atoms with van der Waals surface area (Å²) in [6.07, 6.45) is 6.74. The molecule has 2 amide bonds. The molecule has 118 valence electrons. The first-order valence-corrected chi connectivity index (χ1v) is 7.47. The number of carbonyl (C=O) groups excluding carboxylic acids is 2. The van der Waals surface area contributed by atoms with Gasteiger partial charge in [0, 0.05) is 5.56 Å². The number of nitrogens with one attached hydrogen (secondary N) is 2. The van der Waals surface area contributed by atoms with Gasteiger partial charge in [0.2, 0.25) is 0 Å². The van der Waals surface area contributed by atoms with Crippen LogP contribution in [0.3, 0.4) is 0 Å². The molecule has 1 fully saturated rings. The summed E-state index contributed by atoms with van der Waals surface area (Å²) in [5.74, 6) is 1.78. The number of thiocarbonyl (C=S) groups is 1. The van der Waals surface area contributed by atoms with Crippen LogP contribution in [-0.2, 0) is 9.59 Å². The standard InChI is InChI=1S/C18H12N2O3S/c1-2-9-23-15-8-7-11-5-3-4-6-12(11)13(15)10-14-16(21)19-18(24)20-17(14)22/h1,3-8,10H,9H2,(H2,19,20,21,22,24). The van der Waals surface area contributed by atoms with E-state index in [4.69, 9.17) is 23.4 Å². The molecule has 0 spiro atoms. The number of fused-ring (bicyclic) bond motifs is 1. The minimum Gasteiger partial charge on any atom is -0.480 e. The third kappa shape index (κ3) is 2.98. The lowest BCUT2D eigenvalue weighted by molar-refractivity contribution is -0.123. The lowest BCUT2D eigenvalue weighted by Crippen LogP contribution is -2.51. The molecule has 1 heterocycles. The Labute approximate surface area is 143 Å². The third-order valence-corrected chi connectivity index (χ3v) is 3.68. The topological polar surface area (TPSA) is 67.4 Å². The molecular formula is C18H12N2O3S. The predicted octanol–water partition coefficient (Wildman–Crippen LogP) is 1.77. The van der Waals surface area contributed by atoms with Crippen molar-refractivity contribution in [2.45, 2.75) is 0 Å². The van der Waals surface area contributed by atoms with E-state index in [0.717, 1.165) is 10.8 Å². The predicted molar refractivity (Wildman–Crippen MR) is 95.1 cm³/mol. The molecule has 0 bridgehead atoms. The summed E-state index contributed by atoms with van der Waals surface area (Å²) >= 11 is 4.80. The van der Waals surface area contributed by atoms with E-state index in [2.05, 4.69) is 16.6 Å². The van der Waals surface area contributed by atoms with Gasteiger partial charge in [-0.3, -0.25) is 20.2 Å². The molecule has 2 aromatic rings. The molecule has 5 nitrogen and oxygen atoms in total. The zero-order valence-electron chi connectivity index (χ0n) is 12.5. The highest BCUT2D eigenvalue weighted by molar-refractivity contribution is 7.80. The van der Waals surface area contributed by atoms with Crippen LogP contribution in [0.1, 0.15) is 5.56 Å². The van der Waals surface area contributed by atoms with E-state index in [1.807, 2.05) is 30.3 Å². The van der Waals surface area contributed by atoms with Crippen LogP contribution >= 0.6 is 12.2 Å². The van der Waals surface area contributed by atoms with Crippen molar-refractivity contribution in [3.63, 3.8) is 0 Å². The first kappa shape index (κ1) is 15.7. The molecule has 0 radical (unpaired) electrons. The van der Waals surface area contributed by atoms with Crippen LogP contribution in [0, 0.1) is 12.3 Å². The number of terminal acetylenes is 1. The maximum Gasteiger partial charge on any atom is 0.263 e. The Kier molecular flexibility index (Phi) is 4.27. The Morgan fingerprint density at radius 1 is 1.12 bits per heavy atom. The zero-order chi connectivity index (χ0) is 17.1. The number of ether oxygens (including phenoxy) is 1. The summed E-state index contributed by atoms with van der Waals surface area (Å²) in [5, 5.41) is 6.60. The second-order valence-electron chi connectivity index (χ2n) is 4.99. The minimum atomic E-state index is -0.556. The quantitative estimate of drug-likeness (QED) is 0.388. The average Bonchev–Trinajstić information content (AvgIpc) is 2.56. The van der Waals surface area contributed by atoms with Crippen molar-refractivity contribution in [1.82, 2.24) is 10.6 Å². The summed E-state index contributed by atoms with van der Waals surface area (Å²) in [4.78, 5) is 24.2. The van der Waals surface area contributed by atoms with Crippen molar-refractivity contribution in [3.05, 3.63) is 47.5 Å². The van der Waals surface area contributed by atoms with Crippen LogP contribution in [-0.4, -0.2) is 23.5 Å². The summed E-state index contributed by atoms with van der Waals surface area (Å²) in [6.45, 7) is 0.0803. The number of amides is 2. The van der Waals surface area contributed by atoms with E-state index in [0.29, 0.717) is 11.3 Å². The van der Waals surface area contributed by atoms with Crippen LogP contribution in [0.2, 0.25) is 0 Å². The first-order chi connectivity index (χ1) is 11.6. The molecule has 0 unspecified atom stereocenters. The lowest BCUT2D eigenvalue weighted by atomic mass is 10.00. The normalized spacial score (nSPS) is 14.0. The van der Waals surface area contributed by atoms with E-state index >= 15 is 0 Å². The molecule has 6 heteroatoms. The molecule has 3 rings (SSSR count). The summed E-state index contributed by atoms with van der Waals surface area (Å²) in [7, 11) is 0. The third-order valence-electron chi connectivity index (χ3n) is 3.47. The molecule has 0 atom stereocenters. The fourth-order valence-corrected chi connectivity index (χ4v) is 2.61. The van der Waals surface area contributed by atoms with Gasteiger partial charge in [0.25, 0.3) is 11.8 Å². The Morgan fingerprint density at radius 3 is 2.54 bits per heavy atom. The van der Waals surface area contributed by atoms with E-state index in [1.54, 1.807) is 6.07 Å². The Hall–Kier alpha value is -3.17. The highest BCUT2D eigenvalue weighted by atomic mass is 32.1. The van der Waals surface area contributed by atoms with Crippen LogP contribution in [0.5, 0.6) is 5.75 Å². The van der Waals surface area contributed by atoms with Crippen molar-refractivity contribution in [3.8, 4) is 18.1 Å². The summed E-state index contributed by atoms with van der Waals surface area (Å²) < 4.78 is 5.56. The fraction of sp³-hybridized carbons (Fsp3) is 0.0556. The minimum absolute atomic E-state index is 0.0103. The molecule has 24 heavy (non-hydrogen) atoms. The molecule has 0 aromatic heterocycles. The Morgan fingerprint density at radius 2 is 1.83 bits per heavy atom. The van der Waals surface area contributed by atoms with Gasteiger partial charge in [0.15, 0.2) is 5.11 Å². The van der Waals surface area contributed by atoms with Gasteiger partial charge in [-0.15, -0.1) is 6.42 Å². The Bertz CT molecular complexity index is 919. The van der Waals surface area contributed by atoms with Gasteiger partial charge in [-0.2, -0.15) is 0 Å². The van der Waals surface area contributed by atoms with Crippen LogP contribution in [0.25, 0.3) is 16.8 Å². The van der Waals surface area contributed by atoms with Crippen molar-refractivity contribution in [2.24, 2.45) is 0 Å². The molecule has 0 aliphatic carbocycles. The number of benzene rings is 2. The van der Waals surface area contributed by atoms with E-state index in [1.165, 1.54) is 6.08 Å². The van der Waals surface area contributed by atoms with E-state index in [-0.39, 0.29) is 17.3 Å². The summed E-state index contributed by atoms with van der Waals surface area (Å²) in [5.41, 5.74) is 0.557. The van der Waals surface area contributed by atoms with Gasteiger partial charge in [-0.25, -0.2) is 0 Å². The molecule has 2 aromatic carbocycles.